The summed E-state index contributed by atoms with van der Waals surface area (Å²) in [6, 6.07) is 1.92. The van der Waals surface area contributed by atoms with Crippen LogP contribution in [0, 0.1) is 17.2 Å². The first-order valence-electron chi connectivity index (χ1n) is 3.32. The minimum atomic E-state index is 0.370. The van der Waals surface area contributed by atoms with Gasteiger partial charge in [0.1, 0.15) is 0 Å². The molecule has 0 spiro atoms. The first-order chi connectivity index (χ1) is 4.66. The lowest BCUT2D eigenvalue weighted by Gasteiger charge is -2.03. The van der Waals surface area contributed by atoms with Gasteiger partial charge in [0.25, 0.3) is 0 Å². The Morgan fingerprint density at radius 1 is 1.70 bits per heavy atom. The van der Waals surface area contributed by atoms with Gasteiger partial charge in [-0.15, -0.1) is 0 Å². The van der Waals surface area contributed by atoms with Gasteiger partial charge in [0.05, 0.1) is 12.7 Å². The maximum Gasteiger partial charge on any atom is 0.0965 e. The van der Waals surface area contributed by atoms with Crippen molar-refractivity contribution < 1.29 is 4.74 Å². The van der Waals surface area contributed by atoms with Crippen LogP contribution in [0.5, 0.6) is 0 Å². The topological polar surface area (TPSA) is 33.0 Å². The summed E-state index contributed by atoms with van der Waals surface area (Å²) < 4.78 is 5.13. The van der Waals surface area contributed by atoms with E-state index in [0.717, 1.165) is 0 Å². The van der Waals surface area contributed by atoms with Crippen LogP contribution < -0.4 is 0 Å². The van der Waals surface area contributed by atoms with E-state index in [1.165, 1.54) is 0 Å². The predicted molar refractivity (Wildman–Crippen MR) is 40.4 cm³/mol. The van der Waals surface area contributed by atoms with E-state index >= 15 is 0 Å². The highest BCUT2D eigenvalue weighted by atomic mass is 16.5. The van der Waals surface area contributed by atoms with E-state index in [1.807, 2.05) is 6.07 Å². The van der Waals surface area contributed by atoms with Gasteiger partial charge in [-0.25, -0.2) is 0 Å². The van der Waals surface area contributed by atoms with E-state index in [4.69, 9.17) is 10.00 Å². The van der Waals surface area contributed by atoms with Gasteiger partial charge in [-0.1, -0.05) is 20.4 Å². The maximum atomic E-state index is 8.27. The molecule has 0 rings (SSSR count). The van der Waals surface area contributed by atoms with Gasteiger partial charge in [-0.3, -0.25) is 0 Å². The minimum absolute atomic E-state index is 0.370. The molecule has 0 radical (unpaired) electrons. The largest absolute Gasteiger partial charge is 0.376 e. The van der Waals surface area contributed by atoms with Crippen LogP contribution in [-0.4, -0.2) is 13.2 Å². The van der Waals surface area contributed by atoms with Crippen molar-refractivity contribution in [3.05, 3.63) is 12.2 Å². The van der Waals surface area contributed by atoms with E-state index in [9.17, 15) is 0 Å². The number of nitrogens with zero attached hydrogens (tertiary/aromatic N) is 1. The minimum Gasteiger partial charge on any atom is -0.376 e. The van der Waals surface area contributed by atoms with Crippen LogP contribution in [0.15, 0.2) is 12.2 Å². The molecule has 0 aromatic heterocycles. The molecular weight excluding hydrogens is 126 g/mol. The molecule has 56 valence electrons. The normalized spacial score (nSPS) is 9.40. The Labute approximate surface area is 62.1 Å². The van der Waals surface area contributed by atoms with Crippen LogP contribution in [0.3, 0.4) is 0 Å². The Balaban J connectivity index is 3.22. The van der Waals surface area contributed by atoms with Gasteiger partial charge in [0.2, 0.25) is 0 Å². The smallest absolute Gasteiger partial charge is 0.0965 e. The zero-order chi connectivity index (χ0) is 7.98. The zero-order valence-electron chi connectivity index (χ0n) is 6.55. The summed E-state index contributed by atoms with van der Waals surface area (Å²) >= 11 is 0. The summed E-state index contributed by atoms with van der Waals surface area (Å²) in [6.07, 6.45) is 0. The van der Waals surface area contributed by atoms with E-state index in [2.05, 4.69) is 20.4 Å². The molecule has 0 N–H and O–H groups in total. The average molecular weight is 139 g/mol. The Bertz CT molecular complexity index is 144. The molecule has 0 atom stereocenters. The second kappa shape index (κ2) is 5.01. The molecule has 10 heavy (non-hydrogen) atoms. The molecule has 0 saturated carbocycles. The molecule has 0 aliphatic rings. The van der Waals surface area contributed by atoms with E-state index < -0.39 is 0 Å². The lowest BCUT2D eigenvalue weighted by Crippen LogP contribution is -2.03. The lowest BCUT2D eigenvalue weighted by molar-refractivity contribution is 0.131. The van der Waals surface area contributed by atoms with Crippen LogP contribution >= 0.6 is 0 Å². The molecule has 2 heteroatoms. The molecule has 0 aliphatic carbocycles. The molecule has 0 aromatic carbocycles. The van der Waals surface area contributed by atoms with Gasteiger partial charge >= 0.3 is 0 Å². The number of ether oxygens (including phenoxy) is 1. The first kappa shape index (κ1) is 9.19. The zero-order valence-corrected chi connectivity index (χ0v) is 6.55. The maximum absolute atomic E-state index is 8.27. The summed E-state index contributed by atoms with van der Waals surface area (Å²) in [5.41, 5.74) is 0.487. The number of nitriles is 1. The second-order valence-electron chi connectivity index (χ2n) is 2.62. The molecule has 0 heterocycles. The molecule has 0 aromatic rings. The Hall–Kier alpha value is -0.810. The summed E-state index contributed by atoms with van der Waals surface area (Å²) in [4.78, 5) is 0. The third-order valence-corrected chi connectivity index (χ3v) is 0.886. The van der Waals surface area contributed by atoms with Crippen molar-refractivity contribution in [1.29, 1.82) is 5.26 Å². The van der Waals surface area contributed by atoms with Crippen LogP contribution in [-0.2, 0) is 4.74 Å². The lowest BCUT2D eigenvalue weighted by atomic mass is 10.2. The highest BCUT2D eigenvalue weighted by molar-refractivity contribution is 5.15. The summed E-state index contributed by atoms with van der Waals surface area (Å²) in [5.74, 6) is 0.520. The monoisotopic (exact) mass is 139 g/mol. The fourth-order valence-corrected chi connectivity index (χ4v) is 0.450. The van der Waals surface area contributed by atoms with Crippen molar-refractivity contribution in [2.45, 2.75) is 13.8 Å². The third-order valence-electron chi connectivity index (χ3n) is 0.886. The van der Waals surface area contributed by atoms with Gasteiger partial charge in [0.15, 0.2) is 0 Å². The molecular formula is C8H13NO. The third kappa shape index (κ3) is 5.33. The first-order valence-corrected chi connectivity index (χ1v) is 3.32. The van der Waals surface area contributed by atoms with E-state index in [1.54, 1.807) is 0 Å². The van der Waals surface area contributed by atoms with Crippen LogP contribution in [0.2, 0.25) is 0 Å². The van der Waals surface area contributed by atoms with Gasteiger partial charge in [-0.05, 0) is 5.92 Å². The standard InChI is InChI=1S/C8H13NO/c1-7(2)5-10-6-8(3)4-9/h7H,3,5-6H2,1-2H3. The molecule has 0 bridgehead atoms. The molecule has 0 amide bonds. The highest BCUT2D eigenvalue weighted by Gasteiger charge is 1.94. The number of hydrogen-bond donors (Lipinski definition) is 0. The average Bonchev–Trinajstić information content (AvgIpc) is 1.87. The fraction of sp³-hybridized carbons (Fsp3) is 0.625. The van der Waals surface area contributed by atoms with Crippen molar-refractivity contribution in [3.8, 4) is 6.07 Å². The summed E-state index contributed by atoms with van der Waals surface area (Å²) in [6.45, 7) is 8.68. The van der Waals surface area contributed by atoms with E-state index in [0.29, 0.717) is 24.7 Å². The van der Waals surface area contributed by atoms with Crippen LogP contribution in [0.4, 0.5) is 0 Å². The van der Waals surface area contributed by atoms with Crippen LogP contribution in [0.25, 0.3) is 0 Å². The molecule has 0 aliphatic heterocycles. The van der Waals surface area contributed by atoms with Crippen molar-refractivity contribution in [3.63, 3.8) is 0 Å². The molecule has 2 nitrogen and oxygen atoms in total. The van der Waals surface area contributed by atoms with Crippen molar-refractivity contribution >= 4 is 0 Å². The van der Waals surface area contributed by atoms with Crippen molar-refractivity contribution in [2.24, 2.45) is 5.92 Å². The summed E-state index contributed by atoms with van der Waals surface area (Å²) in [7, 11) is 0. The van der Waals surface area contributed by atoms with Gasteiger partial charge in [-0.2, -0.15) is 5.26 Å². The molecule has 0 unspecified atom stereocenters. The van der Waals surface area contributed by atoms with Crippen LogP contribution in [0.1, 0.15) is 13.8 Å². The predicted octanol–water partition coefficient (Wildman–Crippen LogP) is 1.74. The summed E-state index contributed by atoms with van der Waals surface area (Å²) in [5, 5.41) is 8.27. The molecule has 0 saturated heterocycles. The van der Waals surface area contributed by atoms with Gasteiger partial charge in [0, 0.05) is 12.2 Å². The van der Waals surface area contributed by atoms with Gasteiger partial charge < -0.3 is 4.74 Å². The Morgan fingerprint density at radius 3 is 2.70 bits per heavy atom. The second-order valence-corrected chi connectivity index (χ2v) is 2.62. The number of hydrogen-bond acceptors (Lipinski definition) is 2. The Kier molecular flexibility index (Phi) is 4.61. The SMILES string of the molecule is C=C(C#N)COCC(C)C. The Morgan fingerprint density at radius 2 is 2.30 bits per heavy atom. The molecule has 0 fully saturated rings. The fourth-order valence-electron chi connectivity index (χ4n) is 0.450. The van der Waals surface area contributed by atoms with Crippen molar-refractivity contribution in [1.82, 2.24) is 0 Å². The quantitative estimate of drug-likeness (QED) is 0.556. The van der Waals surface area contributed by atoms with Crippen molar-refractivity contribution in [2.75, 3.05) is 13.2 Å². The van der Waals surface area contributed by atoms with E-state index in [-0.39, 0.29) is 0 Å². The number of rotatable bonds is 4. The highest BCUT2D eigenvalue weighted by Crippen LogP contribution is 1.94.